The van der Waals surface area contributed by atoms with Crippen molar-refractivity contribution in [1.29, 1.82) is 0 Å². The summed E-state index contributed by atoms with van der Waals surface area (Å²) in [5, 5.41) is 16.6. The summed E-state index contributed by atoms with van der Waals surface area (Å²) in [6.45, 7) is 0.958. The van der Waals surface area contributed by atoms with Crippen LogP contribution in [0.1, 0.15) is 6.92 Å². The first kappa shape index (κ1) is 16.3. The van der Waals surface area contributed by atoms with E-state index in [0.717, 1.165) is 0 Å². The maximum Gasteiger partial charge on any atom is 0.237 e. The second kappa shape index (κ2) is 8.39. The third kappa shape index (κ3) is 7.54. The molecule has 0 spiro atoms. The van der Waals surface area contributed by atoms with Crippen LogP contribution in [0.4, 0.5) is 0 Å². The summed E-state index contributed by atoms with van der Waals surface area (Å²) in [4.78, 5) is 32.6. The predicted octanol–water partition coefficient (Wildman–Crippen LogP) is -4.04. The summed E-state index contributed by atoms with van der Waals surface area (Å²) in [6.07, 6.45) is -1.10. The fourth-order valence-electron chi connectivity index (χ4n) is 1.03. The Bertz CT molecular complexity index is 309. The van der Waals surface area contributed by atoms with Crippen LogP contribution < -0.4 is 27.4 Å². The molecule has 0 heterocycles. The van der Waals surface area contributed by atoms with Crippen LogP contribution in [0.25, 0.3) is 0 Å². The van der Waals surface area contributed by atoms with E-state index in [1.807, 2.05) is 0 Å². The van der Waals surface area contributed by atoms with Crippen molar-refractivity contribution in [2.75, 3.05) is 19.6 Å². The lowest BCUT2D eigenvalue weighted by Gasteiger charge is -2.18. The van der Waals surface area contributed by atoms with Gasteiger partial charge in [0.1, 0.15) is 6.23 Å². The van der Waals surface area contributed by atoms with Gasteiger partial charge >= 0.3 is 0 Å². The lowest BCUT2D eigenvalue weighted by atomic mass is 10.3. The number of aliphatic hydroxyl groups excluding tert-OH is 1. The number of nitrogens with two attached hydrogens (primary N) is 2. The van der Waals surface area contributed by atoms with Gasteiger partial charge in [0.25, 0.3) is 0 Å². The summed E-state index contributed by atoms with van der Waals surface area (Å²) < 4.78 is 0. The smallest absolute Gasteiger partial charge is 0.237 e. The molecule has 18 heavy (non-hydrogen) atoms. The maximum absolute atomic E-state index is 11.4. The Morgan fingerprint density at radius 3 is 2.39 bits per heavy atom. The molecule has 9 heteroatoms. The van der Waals surface area contributed by atoms with E-state index in [9.17, 15) is 19.5 Å². The van der Waals surface area contributed by atoms with Crippen molar-refractivity contribution in [3.63, 3.8) is 0 Å². The van der Waals surface area contributed by atoms with Crippen molar-refractivity contribution in [3.8, 4) is 0 Å². The molecule has 1 unspecified atom stereocenters. The molecule has 9 nitrogen and oxygen atoms in total. The van der Waals surface area contributed by atoms with Crippen LogP contribution >= 0.6 is 0 Å². The molecule has 0 fully saturated rings. The Kier molecular flexibility index (Phi) is 7.59. The van der Waals surface area contributed by atoms with Gasteiger partial charge in [-0.05, 0) is 6.92 Å². The van der Waals surface area contributed by atoms with Gasteiger partial charge in [-0.15, -0.1) is 0 Å². The minimum Gasteiger partial charge on any atom is -0.377 e. The number of primary amides is 1. The molecular formula is C9H19N5O4. The fourth-order valence-corrected chi connectivity index (χ4v) is 1.03. The van der Waals surface area contributed by atoms with Gasteiger partial charge in [-0.3, -0.25) is 19.7 Å². The second-order valence-electron chi connectivity index (χ2n) is 3.60. The van der Waals surface area contributed by atoms with Crippen molar-refractivity contribution in [3.05, 3.63) is 0 Å². The van der Waals surface area contributed by atoms with E-state index in [1.165, 1.54) is 6.92 Å². The Balaban J connectivity index is 3.91. The Hall–Kier alpha value is -1.71. The monoisotopic (exact) mass is 261 g/mol. The van der Waals surface area contributed by atoms with Crippen LogP contribution in [0.15, 0.2) is 0 Å². The van der Waals surface area contributed by atoms with Gasteiger partial charge in [0.2, 0.25) is 17.7 Å². The summed E-state index contributed by atoms with van der Waals surface area (Å²) in [6, 6.07) is -0.742. The van der Waals surface area contributed by atoms with E-state index in [1.54, 1.807) is 0 Å². The molecule has 3 amide bonds. The highest BCUT2D eigenvalue weighted by Crippen LogP contribution is 1.85. The summed E-state index contributed by atoms with van der Waals surface area (Å²) >= 11 is 0. The zero-order valence-electron chi connectivity index (χ0n) is 10.1. The number of hydrogen-bond donors (Lipinski definition) is 6. The first-order valence-corrected chi connectivity index (χ1v) is 5.33. The number of amides is 3. The zero-order valence-corrected chi connectivity index (χ0v) is 10.1. The van der Waals surface area contributed by atoms with Crippen LogP contribution in [0, 0.1) is 0 Å². The molecule has 0 radical (unpaired) electrons. The highest BCUT2D eigenvalue weighted by molar-refractivity contribution is 5.86. The number of nitrogens with one attached hydrogen (secondary N) is 3. The van der Waals surface area contributed by atoms with E-state index in [0.29, 0.717) is 0 Å². The Morgan fingerprint density at radius 1 is 1.28 bits per heavy atom. The molecule has 104 valence electrons. The lowest BCUT2D eigenvalue weighted by Crippen LogP contribution is -2.51. The first-order valence-electron chi connectivity index (χ1n) is 5.33. The number of aliphatic hydroxyl groups is 1. The van der Waals surface area contributed by atoms with Crippen molar-refractivity contribution < 1.29 is 19.5 Å². The van der Waals surface area contributed by atoms with Crippen molar-refractivity contribution in [1.82, 2.24) is 16.0 Å². The molecule has 0 aliphatic rings. The molecule has 0 aromatic rings. The van der Waals surface area contributed by atoms with Gasteiger partial charge in [0, 0.05) is 0 Å². The zero-order chi connectivity index (χ0) is 14.1. The van der Waals surface area contributed by atoms with Crippen molar-refractivity contribution in [2.24, 2.45) is 11.5 Å². The van der Waals surface area contributed by atoms with E-state index < -0.39 is 30.0 Å². The summed E-state index contributed by atoms with van der Waals surface area (Å²) in [5.74, 6) is -1.56. The van der Waals surface area contributed by atoms with Gasteiger partial charge in [-0.1, -0.05) is 0 Å². The van der Waals surface area contributed by atoms with Gasteiger partial charge in [0.05, 0.1) is 25.7 Å². The van der Waals surface area contributed by atoms with Gasteiger partial charge < -0.3 is 27.2 Å². The van der Waals surface area contributed by atoms with Crippen LogP contribution in [-0.2, 0) is 14.4 Å². The van der Waals surface area contributed by atoms with E-state index >= 15 is 0 Å². The van der Waals surface area contributed by atoms with Gasteiger partial charge in [0.15, 0.2) is 0 Å². The maximum atomic E-state index is 11.4. The predicted molar refractivity (Wildman–Crippen MR) is 62.9 cm³/mol. The topological polar surface area (TPSA) is 160 Å². The second-order valence-corrected chi connectivity index (χ2v) is 3.60. The molecule has 0 saturated carbocycles. The average Bonchev–Trinajstić information content (AvgIpc) is 2.32. The third-order valence-electron chi connectivity index (χ3n) is 1.95. The first-order chi connectivity index (χ1) is 8.36. The van der Waals surface area contributed by atoms with E-state index in [2.05, 4.69) is 16.0 Å². The quantitative estimate of drug-likeness (QED) is 0.244. The SMILES string of the molecule is C[C@H](NC(O)CNC(=O)CN)C(=O)NCC(N)=O. The highest BCUT2D eigenvalue weighted by atomic mass is 16.3. The largest absolute Gasteiger partial charge is 0.377 e. The molecule has 0 rings (SSSR count). The molecular weight excluding hydrogens is 242 g/mol. The molecule has 2 atom stereocenters. The van der Waals surface area contributed by atoms with Gasteiger partial charge in [-0.2, -0.15) is 0 Å². The molecule has 8 N–H and O–H groups in total. The van der Waals surface area contributed by atoms with Crippen molar-refractivity contribution in [2.45, 2.75) is 19.2 Å². The normalized spacial score (nSPS) is 13.5. The molecule has 0 bridgehead atoms. The summed E-state index contributed by atoms with van der Waals surface area (Å²) in [5.41, 5.74) is 9.91. The van der Waals surface area contributed by atoms with E-state index in [-0.39, 0.29) is 19.6 Å². The third-order valence-corrected chi connectivity index (χ3v) is 1.95. The Labute approximate surface area is 104 Å². The minimum absolute atomic E-state index is 0.0799. The summed E-state index contributed by atoms with van der Waals surface area (Å²) in [7, 11) is 0. The average molecular weight is 261 g/mol. The molecule has 0 aromatic carbocycles. The molecule has 0 saturated heterocycles. The molecule has 0 aromatic heterocycles. The van der Waals surface area contributed by atoms with Gasteiger partial charge in [-0.25, -0.2) is 0 Å². The van der Waals surface area contributed by atoms with Crippen LogP contribution in [-0.4, -0.2) is 54.7 Å². The lowest BCUT2D eigenvalue weighted by molar-refractivity contribution is -0.126. The van der Waals surface area contributed by atoms with Crippen LogP contribution in [0.2, 0.25) is 0 Å². The fraction of sp³-hybridized carbons (Fsp3) is 0.667. The number of carbonyl (C=O) groups excluding carboxylic acids is 3. The van der Waals surface area contributed by atoms with Crippen LogP contribution in [0.5, 0.6) is 0 Å². The molecule has 0 aliphatic heterocycles. The standard InChI is InChI=1S/C9H19N5O4/c1-5(9(18)13-3-6(11)15)14-8(17)4-12-7(16)2-10/h5,8,14,17H,2-4,10H2,1H3,(H2,11,15)(H,12,16)(H,13,18)/t5-,8?/m0/s1. The van der Waals surface area contributed by atoms with Crippen LogP contribution in [0.3, 0.4) is 0 Å². The van der Waals surface area contributed by atoms with E-state index in [4.69, 9.17) is 11.5 Å². The number of rotatable bonds is 8. The highest BCUT2D eigenvalue weighted by Gasteiger charge is 2.16. The minimum atomic E-state index is -1.10. The number of hydrogen-bond acceptors (Lipinski definition) is 6. The number of carbonyl (C=O) groups is 3. The molecule has 0 aliphatic carbocycles. The van der Waals surface area contributed by atoms with Crippen molar-refractivity contribution >= 4 is 17.7 Å². The Morgan fingerprint density at radius 2 is 1.89 bits per heavy atom.